The van der Waals surface area contributed by atoms with Gasteiger partial charge in [-0.3, -0.25) is 9.59 Å². The number of aromatic nitrogens is 2. The molecule has 0 saturated heterocycles. The van der Waals surface area contributed by atoms with E-state index in [1.165, 1.54) is 30.6 Å². The zero-order chi connectivity index (χ0) is 20.0. The number of ether oxygens (including phenoxy) is 1. The molecular formula is C21H25N3O4S. The highest BCUT2D eigenvalue weighted by atomic mass is 32.1. The fraction of sp³-hybridized carbons (Fsp3) is 0.619. The quantitative estimate of drug-likeness (QED) is 0.723. The minimum Gasteiger partial charge on any atom is -0.451 e. The maximum atomic E-state index is 12.9. The van der Waals surface area contributed by atoms with E-state index in [0.29, 0.717) is 23.6 Å². The van der Waals surface area contributed by atoms with Crippen molar-refractivity contribution in [2.45, 2.75) is 51.6 Å². The Morgan fingerprint density at radius 1 is 1.24 bits per heavy atom. The second-order valence-electron chi connectivity index (χ2n) is 8.94. The summed E-state index contributed by atoms with van der Waals surface area (Å²) < 4.78 is 11.0. The van der Waals surface area contributed by atoms with E-state index in [1.54, 1.807) is 6.92 Å². The molecule has 1 amide bonds. The highest BCUT2D eigenvalue weighted by molar-refractivity contribution is 7.13. The third-order valence-electron chi connectivity index (χ3n) is 6.74. The molecule has 7 nitrogen and oxygen atoms in total. The van der Waals surface area contributed by atoms with Crippen molar-refractivity contribution >= 4 is 23.2 Å². The number of carbonyl (C=O) groups excluding carboxylic acids is 2. The van der Waals surface area contributed by atoms with Crippen molar-refractivity contribution in [1.82, 2.24) is 15.5 Å². The summed E-state index contributed by atoms with van der Waals surface area (Å²) >= 11 is 1.50. The number of rotatable bonds is 6. The number of nitrogens with one attached hydrogen (secondary N) is 1. The van der Waals surface area contributed by atoms with Gasteiger partial charge in [-0.25, -0.2) is 0 Å². The van der Waals surface area contributed by atoms with Crippen molar-refractivity contribution in [1.29, 1.82) is 0 Å². The fourth-order valence-electron chi connectivity index (χ4n) is 5.92. The van der Waals surface area contributed by atoms with E-state index in [-0.39, 0.29) is 23.8 Å². The average Bonchev–Trinajstić information content (AvgIpc) is 3.36. The Kier molecular flexibility index (Phi) is 4.69. The second kappa shape index (κ2) is 7.23. The molecule has 6 rings (SSSR count). The van der Waals surface area contributed by atoms with Gasteiger partial charge in [0.15, 0.2) is 6.10 Å². The van der Waals surface area contributed by atoms with Gasteiger partial charge in [-0.15, -0.1) is 21.5 Å². The van der Waals surface area contributed by atoms with Crippen molar-refractivity contribution in [3.63, 3.8) is 0 Å². The first-order valence-electron chi connectivity index (χ1n) is 10.4. The van der Waals surface area contributed by atoms with Gasteiger partial charge in [0.2, 0.25) is 5.91 Å². The first-order chi connectivity index (χ1) is 14.0. The Morgan fingerprint density at radius 3 is 2.55 bits per heavy atom. The minimum absolute atomic E-state index is 0.0268. The zero-order valence-corrected chi connectivity index (χ0v) is 17.2. The van der Waals surface area contributed by atoms with Crippen LogP contribution in [0.1, 0.15) is 57.4 Å². The average molecular weight is 416 g/mol. The summed E-state index contributed by atoms with van der Waals surface area (Å²) in [5.41, 5.74) is -0.261. The van der Waals surface area contributed by atoms with Gasteiger partial charge < -0.3 is 14.5 Å². The molecule has 0 aliphatic heterocycles. The Labute approximate surface area is 173 Å². The number of hydrogen-bond donors (Lipinski definition) is 1. The van der Waals surface area contributed by atoms with Crippen LogP contribution in [0.4, 0.5) is 0 Å². The van der Waals surface area contributed by atoms with E-state index in [9.17, 15) is 9.59 Å². The van der Waals surface area contributed by atoms with Crippen molar-refractivity contribution in [3.05, 3.63) is 23.4 Å². The molecule has 0 unspecified atom stereocenters. The zero-order valence-electron chi connectivity index (χ0n) is 16.4. The van der Waals surface area contributed by atoms with E-state index in [0.717, 1.165) is 24.1 Å². The SMILES string of the molecule is C[C@H](OC(=O)CNC(=O)C12CC3CC(CC(C3)C1)C2)c1nnc(-c2cccs2)o1. The molecule has 4 aliphatic rings. The van der Waals surface area contributed by atoms with Gasteiger partial charge in [0.05, 0.1) is 4.88 Å². The van der Waals surface area contributed by atoms with Gasteiger partial charge in [-0.1, -0.05) is 6.07 Å². The molecule has 1 N–H and O–H groups in total. The lowest BCUT2D eigenvalue weighted by Crippen LogP contribution is -2.54. The first kappa shape index (κ1) is 18.8. The smallest absolute Gasteiger partial charge is 0.326 e. The molecule has 1 atom stereocenters. The topological polar surface area (TPSA) is 94.3 Å². The lowest BCUT2D eigenvalue weighted by atomic mass is 9.49. The highest BCUT2D eigenvalue weighted by Gasteiger charge is 2.54. The van der Waals surface area contributed by atoms with E-state index in [2.05, 4.69) is 15.5 Å². The molecule has 4 aliphatic carbocycles. The Morgan fingerprint density at radius 2 is 1.93 bits per heavy atom. The van der Waals surface area contributed by atoms with Crippen LogP contribution >= 0.6 is 11.3 Å². The predicted molar refractivity (Wildman–Crippen MR) is 106 cm³/mol. The summed E-state index contributed by atoms with van der Waals surface area (Å²) in [7, 11) is 0. The number of esters is 1. The summed E-state index contributed by atoms with van der Waals surface area (Å²) in [5, 5.41) is 12.7. The molecule has 4 fully saturated rings. The molecule has 29 heavy (non-hydrogen) atoms. The van der Waals surface area contributed by atoms with E-state index < -0.39 is 12.1 Å². The van der Waals surface area contributed by atoms with Gasteiger partial charge in [-0.05, 0) is 74.6 Å². The molecule has 0 aromatic carbocycles. The Bertz CT molecular complexity index is 872. The van der Waals surface area contributed by atoms with Crippen LogP contribution in [0.5, 0.6) is 0 Å². The van der Waals surface area contributed by atoms with Crippen LogP contribution in [0.2, 0.25) is 0 Å². The maximum Gasteiger partial charge on any atom is 0.326 e. The summed E-state index contributed by atoms with van der Waals surface area (Å²) in [6.07, 6.45) is 6.11. The minimum atomic E-state index is -0.667. The summed E-state index contributed by atoms with van der Waals surface area (Å²) in [4.78, 5) is 26.1. The van der Waals surface area contributed by atoms with Crippen molar-refractivity contribution < 1.29 is 18.7 Å². The monoisotopic (exact) mass is 415 g/mol. The summed E-state index contributed by atoms with van der Waals surface area (Å²) in [6.45, 7) is 1.56. The molecule has 4 saturated carbocycles. The number of carbonyl (C=O) groups is 2. The fourth-order valence-corrected chi connectivity index (χ4v) is 6.56. The van der Waals surface area contributed by atoms with E-state index in [1.807, 2.05) is 17.5 Å². The summed E-state index contributed by atoms with van der Waals surface area (Å²) in [5.74, 6) is 2.25. The second-order valence-corrected chi connectivity index (χ2v) is 9.88. The third kappa shape index (κ3) is 3.58. The predicted octanol–water partition coefficient (Wildman–Crippen LogP) is 3.73. The maximum absolute atomic E-state index is 12.9. The Balaban J connectivity index is 1.15. The lowest BCUT2D eigenvalue weighted by molar-refractivity contribution is -0.153. The molecule has 2 aromatic rings. The number of nitrogens with zero attached hydrogens (tertiary/aromatic N) is 2. The molecule has 2 heterocycles. The molecule has 0 spiro atoms. The molecule has 2 aromatic heterocycles. The van der Waals surface area contributed by atoms with Crippen LogP contribution in [0.15, 0.2) is 21.9 Å². The number of thiophene rings is 1. The van der Waals surface area contributed by atoms with E-state index >= 15 is 0 Å². The normalized spacial score (nSPS) is 30.9. The Hall–Kier alpha value is -2.22. The van der Waals surface area contributed by atoms with Gasteiger partial charge in [-0.2, -0.15) is 0 Å². The highest BCUT2D eigenvalue weighted by Crippen LogP contribution is 2.60. The van der Waals surface area contributed by atoms with Crippen LogP contribution in [0.25, 0.3) is 10.8 Å². The number of amides is 1. The standard InChI is InChI=1S/C21H25N3O4S/c1-12(18-23-24-19(28-18)16-3-2-4-29-16)27-17(25)11-22-20(26)21-8-13-5-14(9-21)7-15(6-13)10-21/h2-4,12-15H,5-11H2,1H3,(H,22,26)/t12-,13?,14?,15?,21?/m0/s1. The van der Waals surface area contributed by atoms with Crippen molar-refractivity contribution in [3.8, 4) is 10.8 Å². The third-order valence-corrected chi connectivity index (χ3v) is 7.60. The van der Waals surface area contributed by atoms with Crippen LogP contribution in [-0.2, 0) is 14.3 Å². The van der Waals surface area contributed by atoms with E-state index in [4.69, 9.17) is 9.15 Å². The van der Waals surface area contributed by atoms with Crippen LogP contribution in [0.3, 0.4) is 0 Å². The van der Waals surface area contributed by atoms with Gasteiger partial charge in [0.1, 0.15) is 6.54 Å². The van der Waals surface area contributed by atoms with Crippen LogP contribution in [-0.4, -0.2) is 28.6 Å². The van der Waals surface area contributed by atoms with Crippen LogP contribution < -0.4 is 5.32 Å². The molecule has 154 valence electrons. The molecule has 4 bridgehead atoms. The van der Waals surface area contributed by atoms with Crippen LogP contribution in [0, 0.1) is 23.2 Å². The lowest BCUT2D eigenvalue weighted by Gasteiger charge is -2.55. The molecule has 0 radical (unpaired) electrons. The van der Waals surface area contributed by atoms with Crippen molar-refractivity contribution in [2.24, 2.45) is 23.2 Å². The van der Waals surface area contributed by atoms with Gasteiger partial charge in [0.25, 0.3) is 11.8 Å². The van der Waals surface area contributed by atoms with Gasteiger partial charge >= 0.3 is 5.97 Å². The first-order valence-corrected chi connectivity index (χ1v) is 11.2. The largest absolute Gasteiger partial charge is 0.451 e. The molecule has 8 heteroatoms. The van der Waals surface area contributed by atoms with Gasteiger partial charge in [0, 0.05) is 5.41 Å². The van der Waals surface area contributed by atoms with Crippen molar-refractivity contribution in [2.75, 3.05) is 6.54 Å². The molecular weight excluding hydrogens is 390 g/mol. The summed E-state index contributed by atoms with van der Waals surface area (Å²) in [6, 6.07) is 3.79. The number of hydrogen-bond acceptors (Lipinski definition) is 7.